The fraction of sp³-hybridized carbons (Fsp3) is 0.400. The number of carbonyl (C=O) groups excluding carboxylic acids is 2. The first-order chi connectivity index (χ1) is 27.3. The average molecular weight is 983 g/mol. The molecule has 0 fully saturated rings. The van der Waals surface area contributed by atoms with Gasteiger partial charge in [-0.3, -0.25) is 0 Å². The van der Waals surface area contributed by atoms with Crippen LogP contribution < -0.4 is 10.5 Å². The Balaban J connectivity index is 1.75. The summed E-state index contributed by atoms with van der Waals surface area (Å²) in [5.41, 5.74) is 18.9. The first kappa shape index (κ1) is 44.4. The molecule has 4 aromatic carbocycles. The molecule has 2 N–H and O–H groups in total. The summed E-state index contributed by atoms with van der Waals surface area (Å²) in [4.78, 5) is 27.7. The SMILES string of the molecule is CCC(=O)N[B](NC(=O)CC)[Hf]([Cl])([Cl])([CH]1C(CC(C)C)=Cc2c(-c3cc(C)cc(C)c3C)cccc21)[CH]1C(CC(C)C)=Cc2c(-c3cc(C)cc(C)c3C)cccc21. The Morgan fingerprint density at radius 1 is 0.621 bits per heavy atom. The van der Waals surface area contributed by atoms with E-state index in [2.05, 4.69) is 153 Å². The van der Waals surface area contributed by atoms with Crippen LogP contribution in [0.2, 0.25) is 0 Å². The number of aryl methyl sites for hydroxylation is 4. The number of fused-ring (bicyclic) bond motifs is 2. The minimum atomic E-state index is -6.25. The van der Waals surface area contributed by atoms with Crippen molar-refractivity contribution in [2.24, 2.45) is 11.8 Å². The first-order valence-corrected chi connectivity index (χ1v) is 36.4. The van der Waals surface area contributed by atoms with Crippen molar-refractivity contribution in [1.29, 1.82) is 0 Å². The molecule has 305 valence electrons. The summed E-state index contributed by atoms with van der Waals surface area (Å²) < 4.78 is -1.75. The summed E-state index contributed by atoms with van der Waals surface area (Å²) in [6, 6.07) is 22.2. The number of hydrogen-bond acceptors (Lipinski definition) is 2. The standard InChI is InChI=1S/2C22H25.C6H11BN2O2.2ClH.Hf/c2*1-14(2)9-18-12-19-7-6-8-20(22(19)13-18)21-11-15(3)10-16(4)17(21)5;1-3-5(10)8-7-9-6(11)4-2;;;/h2*6-8,10-14H,9H2,1-5H3;3-4H2,1-2H3,(H-,8,9,10,11);2*1H;/q;;;;;+1/p-1. The quantitative estimate of drug-likeness (QED) is 0.131. The van der Waals surface area contributed by atoms with Gasteiger partial charge in [0.1, 0.15) is 0 Å². The number of nitrogens with one attached hydrogen (secondary N) is 2. The van der Waals surface area contributed by atoms with E-state index in [4.69, 9.17) is 17.2 Å². The molecule has 0 saturated heterocycles. The molecule has 2 unspecified atom stereocenters. The van der Waals surface area contributed by atoms with E-state index in [0.29, 0.717) is 11.8 Å². The van der Waals surface area contributed by atoms with Crippen LogP contribution in [-0.2, 0) is 25.5 Å². The predicted molar refractivity (Wildman–Crippen MR) is 247 cm³/mol. The van der Waals surface area contributed by atoms with Gasteiger partial charge in [-0.15, -0.1) is 0 Å². The Morgan fingerprint density at radius 2 is 1.00 bits per heavy atom. The molecule has 2 aliphatic rings. The molecule has 0 aliphatic heterocycles. The number of rotatable bonds is 13. The average Bonchev–Trinajstić information content (AvgIpc) is 3.72. The van der Waals surface area contributed by atoms with Crippen LogP contribution in [0.4, 0.5) is 0 Å². The van der Waals surface area contributed by atoms with Crippen LogP contribution in [0.3, 0.4) is 0 Å². The zero-order valence-corrected chi connectivity index (χ0v) is 41.8. The summed E-state index contributed by atoms with van der Waals surface area (Å²) in [7, 11) is 18.0. The molecule has 8 heteroatoms. The molecule has 0 radical (unpaired) electrons. The maximum absolute atomic E-state index is 13.8. The van der Waals surface area contributed by atoms with Gasteiger partial charge in [0, 0.05) is 0 Å². The van der Waals surface area contributed by atoms with E-state index in [0.717, 1.165) is 46.2 Å². The Morgan fingerprint density at radius 3 is 1.34 bits per heavy atom. The molecule has 2 atom stereocenters. The van der Waals surface area contributed by atoms with Crippen molar-refractivity contribution >= 4 is 45.7 Å². The Labute approximate surface area is 356 Å². The second-order valence-corrected chi connectivity index (χ2v) is 48.6. The molecular weight excluding hydrogens is 921 g/mol. The topological polar surface area (TPSA) is 58.2 Å². The van der Waals surface area contributed by atoms with E-state index in [1.807, 2.05) is 13.8 Å². The fourth-order valence-corrected chi connectivity index (χ4v) is 39.5. The van der Waals surface area contributed by atoms with Crippen molar-refractivity contribution in [3.8, 4) is 22.3 Å². The third kappa shape index (κ3) is 8.04. The second kappa shape index (κ2) is 17.1. The first-order valence-electron chi connectivity index (χ1n) is 21.3. The van der Waals surface area contributed by atoms with Crippen LogP contribution >= 0.6 is 17.2 Å². The van der Waals surface area contributed by atoms with Crippen molar-refractivity contribution in [3.63, 3.8) is 0 Å². The number of amides is 2. The summed E-state index contributed by atoms with van der Waals surface area (Å²) in [5.74, 6) is 0.228. The molecule has 2 amide bonds. The van der Waals surface area contributed by atoms with Gasteiger partial charge < -0.3 is 0 Å². The van der Waals surface area contributed by atoms with Crippen molar-refractivity contribution in [1.82, 2.24) is 10.5 Å². The van der Waals surface area contributed by atoms with E-state index >= 15 is 0 Å². The van der Waals surface area contributed by atoms with E-state index in [1.165, 1.54) is 55.7 Å². The molecule has 0 bridgehead atoms. The molecule has 0 aromatic heterocycles. The van der Waals surface area contributed by atoms with Gasteiger partial charge >= 0.3 is 359 Å². The van der Waals surface area contributed by atoms with Crippen molar-refractivity contribution < 1.29 is 25.5 Å². The van der Waals surface area contributed by atoms with Crippen LogP contribution in [0.15, 0.2) is 71.8 Å². The van der Waals surface area contributed by atoms with Crippen LogP contribution in [0.25, 0.3) is 34.4 Å². The van der Waals surface area contributed by atoms with E-state index in [1.54, 1.807) is 0 Å². The van der Waals surface area contributed by atoms with Crippen molar-refractivity contribution in [3.05, 3.63) is 127 Å². The second-order valence-electron chi connectivity index (χ2n) is 18.1. The maximum atomic E-state index is 13.8. The van der Waals surface area contributed by atoms with E-state index < -0.39 is 27.8 Å². The van der Waals surface area contributed by atoms with Crippen molar-refractivity contribution in [2.45, 2.75) is 116 Å². The molecule has 0 saturated carbocycles. The third-order valence-electron chi connectivity index (χ3n) is 12.7. The van der Waals surface area contributed by atoms with Crippen LogP contribution in [0.1, 0.15) is 130 Å². The molecule has 6 rings (SSSR count). The summed E-state index contributed by atoms with van der Waals surface area (Å²) >= 11 is -6.25. The summed E-state index contributed by atoms with van der Waals surface area (Å²) in [6.07, 6.45) is 6.75. The molecule has 58 heavy (non-hydrogen) atoms. The minimum absolute atomic E-state index is 0.190. The number of carbonyl (C=O) groups is 2. The zero-order chi connectivity index (χ0) is 42.5. The Hall–Kier alpha value is -3.18. The molecular formula is C50H62BCl2HfN2O2. The summed E-state index contributed by atoms with van der Waals surface area (Å²) in [6.45, 7) is 25.7. The number of allylic oxidation sites excluding steroid dienone is 2. The molecule has 0 spiro atoms. The number of benzene rings is 4. The van der Waals surface area contributed by atoms with Gasteiger partial charge in [-0.2, -0.15) is 0 Å². The monoisotopic (exact) mass is 983 g/mol. The van der Waals surface area contributed by atoms with Crippen molar-refractivity contribution in [2.75, 3.05) is 0 Å². The number of hydrogen-bond donors (Lipinski definition) is 2. The zero-order valence-electron chi connectivity index (χ0n) is 36.7. The van der Waals surface area contributed by atoms with Crippen LogP contribution in [0, 0.1) is 53.4 Å². The van der Waals surface area contributed by atoms with E-state index in [-0.39, 0.29) is 24.7 Å². The third-order valence-corrected chi connectivity index (χ3v) is 41.2. The van der Waals surface area contributed by atoms with Crippen LogP contribution in [-0.4, -0.2) is 16.4 Å². The number of halogens is 2. The predicted octanol–water partition coefficient (Wildman–Crippen LogP) is 13.6. The molecule has 2 aliphatic carbocycles. The molecule has 4 nitrogen and oxygen atoms in total. The van der Waals surface area contributed by atoms with Gasteiger partial charge in [-0.25, -0.2) is 0 Å². The Kier molecular flexibility index (Phi) is 13.0. The fourth-order valence-electron chi connectivity index (χ4n) is 9.97. The van der Waals surface area contributed by atoms with E-state index in [9.17, 15) is 9.59 Å². The molecule has 4 aromatic rings. The van der Waals surface area contributed by atoms with Crippen LogP contribution in [0.5, 0.6) is 0 Å². The van der Waals surface area contributed by atoms with Gasteiger partial charge in [0.15, 0.2) is 0 Å². The van der Waals surface area contributed by atoms with Gasteiger partial charge in [0.25, 0.3) is 0 Å². The van der Waals surface area contributed by atoms with Gasteiger partial charge in [-0.05, 0) is 0 Å². The molecule has 0 heterocycles. The van der Waals surface area contributed by atoms with Gasteiger partial charge in [-0.1, -0.05) is 0 Å². The van der Waals surface area contributed by atoms with Gasteiger partial charge in [0.2, 0.25) is 0 Å². The van der Waals surface area contributed by atoms with Gasteiger partial charge in [0.05, 0.1) is 0 Å². The summed E-state index contributed by atoms with van der Waals surface area (Å²) in [5, 5.41) is 6.65. The Bertz CT molecular complexity index is 2200. The normalized spacial score (nSPS) is 16.7.